The Morgan fingerprint density at radius 1 is 1.23 bits per heavy atom. The van der Waals surface area contributed by atoms with Gasteiger partial charge in [-0.2, -0.15) is 10.4 Å². The monoisotopic (exact) mass is 365 g/mol. The van der Waals surface area contributed by atoms with Crippen molar-refractivity contribution in [1.29, 1.82) is 5.26 Å². The van der Waals surface area contributed by atoms with Crippen molar-refractivity contribution in [2.24, 2.45) is 0 Å². The van der Waals surface area contributed by atoms with E-state index in [2.05, 4.69) is 42.4 Å². The molecule has 1 aliphatic rings. The van der Waals surface area contributed by atoms with Crippen LogP contribution in [0.1, 0.15) is 34.2 Å². The first-order chi connectivity index (χ1) is 12.2. The lowest BCUT2D eigenvalue weighted by molar-refractivity contribution is -0.0151. The molecule has 0 spiro atoms. The second-order valence-electron chi connectivity index (χ2n) is 6.48. The van der Waals surface area contributed by atoms with E-state index in [4.69, 9.17) is 4.74 Å². The SMILES string of the molecule is Cc1ccc(C2(CCn3cccn3)OCc3cc(C#N)ccc32)cc1.Cl. The molecule has 0 aliphatic carbocycles. The summed E-state index contributed by atoms with van der Waals surface area (Å²) in [7, 11) is 0. The van der Waals surface area contributed by atoms with Crippen LogP contribution >= 0.6 is 12.4 Å². The molecule has 2 heterocycles. The first-order valence-electron chi connectivity index (χ1n) is 8.43. The van der Waals surface area contributed by atoms with Gasteiger partial charge in [0.25, 0.3) is 0 Å². The minimum Gasteiger partial charge on any atom is -0.361 e. The lowest BCUT2D eigenvalue weighted by Crippen LogP contribution is -2.29. The van der Waals surface area contributed by atoms with E-state index in [0.29, 0.717) is 12.2 Å². The molecule has 1 aromatic heterocycles. The molecule has 2 aromatic carbocycles. The van der Waals surface area contributed by atoms with E-state index in [-0.39, 0.29) is 12.4 Å². The normalized spacial score (nSPS) is 18.0. The largest absolute Gasteiger partial charge is 0.361 e. The van der Waals surface area contributed by atoms with Gasteiger partial charge in [-0.1, -0.05) is 35.9 Å². The zero-order valence-corrected chi connectivity index (χ0v) is 15.4. The fourth-order valence-electron chi connectivity index (χ4n) is 3.57. The maximum absolute atomic E-state index is 9.17. The summed E-state index contributed by atoms with van der Waals surface area (Å²) in [5, 5.41) is 13.5. The molecule has 0 fully saturated rings. The zero-order chi connectivity index (χ0) is 17.3. The van der Waals surface area contributed by atoms with Crippen LogP contribution in [0.4, 0.5) is 0 Å². The first kappa shape index (κ1) is 18.2. The van der Waals surface area contributed by atoms with Crippen LogP contribution < -0.4 is 0 Å². The molecule has 0 radical (unpaired) electrons. The third kappa shape index (κ3) is 3.12. The van der Waals surface area contributed by atoms with Crippen LogP contribution in [-0.2, 0) is 23.5 Å². The van der Waals surface area contributed by atoms with E-state index in [1.54, 1.807) is 6.20 Å². The summed E-state index contributed by atoms with van der Waals surface area (Å²) in [6.45, 7) is 3.38. The van der Waals surface area contributed by atoms with E-state index >= 15 is 0 Å². The number of nitriles is 1. The van der Waals surface area contributed by atoms with Crippen molar-refractivity contribution < 1.29 is 4.74 Å². The summed E-state index contributed by atoms with van der Waals surface area (Å²) in [5.41, 5.74) is 4.80. The van der Waals surface area contributed by atoms with Gasteiger partial charge in [-0.05, 0) is 41.8 Å². The molecule has 1 unspecified atom stereocenters. The molecule has 1 aliphatic heterocycles. The number of nitrogens with zero attached hydrogens (tertiary/aromatic N) is 3. The van der Waals surface area contributed by atoms with Crippen LogP contribution in [-0.4, -0.2) is 9.78 Å². The number of benzene rings is 2. The van der Waals surface area contributed by atoms with Crippen molar-refractivity contribution in [1.82, 2.24) is 9.78 Å². The molecular formula is C21H20ClN3O. The lowest BCUT2D eigenvalue weighted by atomic mass is 9.82. The van der Waals surface area contributed by atoms with Crippen LogP contribution in [0.25, 0.3) is 0 Å². The van der Waals surface area contributed by atoms with E-state index in [9.17, 15) is 5.26 Å². The molecule has 1 atom stereocenters. The number of rotatable bonds is 4. The van der Waals surface area contributed by atoms with Crippen molar-refractivity contribution in [2.75, 3.05) is 0 Å². The third-order valence-electron chi connectivity index (χ3n) is 4.91. The molecule has 0 amide bonds. The van der Waals surface area contributed by atoms with Crippen molar-refractivity contribution in [2.45, 2.75) is 32.1 Å². The van der Waals surface area contributed by atoms with E-state index < -0.39 is 5.60 Å². The molecule has 132 valence electrons. The fourth-order valence-corrected chi connectivity index (χ4v) is 3.57. The molecule has 3 aromatic rings. The average Bonchev–Trinajstić information content (AvgIpc) is 3.28. The predicted molar refractivity (Wildman–Crippen MR) is 102 cm³/mol. The van der Waals surface area contributed by atoms with Crippen LogP contribution in [0.3, 0.4) is 0 Å². The molecule has 0 saturated carbocycles. The number of ether oxygens (including phenoxy) is 1. The highest BCUT2D eigenvalue weighted by atomic mass is 35.5. The average molecular weight is 366 g/mol. The van der Waals surface area contributed by atoms with Crippen LogP contribution in [0, 0.1) is 18.3 Å². The Hall–Kier alpha value is -2.61. The van der Waals surface area contributed by atoms with E-state index in [0.717, 1.165) is 29.7 Å². The topological polar surface area (TPSA) is 50.8 Å². The van der Waals surface area contributed by atoms with Gasteiger partial charge in [-0.3, -0.25) is 4.68 Å². The molecular weight excluding hydrogens is 346 g/mol. The Kier molecular flexibility index (Phi) is 5.13. The molecule has 0 bridgehead atoms. The van der Waals surface area contributed by atoms with Crippen LogP contribution in [0.2, 0.25) is 0 Å². The molecule has 0 N–H and O–H groups in total. The Balaban J connectivity index is 0.00000196. The van der Waals surface area contributed by atoms with Gasteiger partial charge in [-0.15, -0.1) is 12.4 Å². The second-order valence-corrected chi connectivity index (χ2v) is 6.48. The van der Waals surface area contributed by atoms with Gasteiger partial charge in [0.05, 0.1) is 18.2 Å². The molecule has 5 heteroatoms. The summed E-state index contributed by atoms with van der Waals surface area (Å²) in [6.07, 6.45) is 4.55. The van der Waals surface area contributed by atoms with Crippen molar-refractivity contribution in [3.63, 3.8) is 0 Å². The maximum atomic E-state index is 9.17. The number of halogens is 1. The summed E-state index contributed by atoms with van der Waals surface area (Å²) >= 11 is 0. The van der Waals surface area contributed by atoms with Gasteiger partial charge in [0, 0.05) is 25.4 Å². The second kappa shape index (κ2) is 7.33. The Morgan fingerprint density at radius 3 is 2.73 bits per heavy atom. The zero-order valence-electron chi connectivity index (χ0n) is 14.6. The summed E-state index contributed by atoms with van der Waals surface area (Å²) in [5.74, 6) is 0. The van der Waals surface area contributed by atoms with Crippen LogP contribution in [0.15, 0.2) is 60.9 Å². The van der Waals surface area contributed by atoms with Gasteiger partial charge in [0.15, 0.2) is 0 Å². The van der Waals surface area contributed by atoms with Gasteiger partial charge in [0.1, 0.15) is 5.60 Å². The van der Waals surface area contributed by atoms with Gasteiger partial charge >= 0.3 is 0 Å². The van der Waals surface area contributed by atoms with Crippen LogP contribution in [0.5, 0.6) is 0 Å². The third-order valence-corrected chi connectivity index (χ3v) is 4.91. The van der Waals surface area contributed by atoms with Gasteiger partial charge in [-0.25, -0.2) is 0 Å². The summed E-state index contributed by atoms with van der Waals surface area (Å²) < 4.78 is 8.32. The minimum absolute atomic E-state index is 0. The standard InChI is InChI=1S/C21H19N3O.ClH/c1-16-3-6-19(7-4-16)21(9-12-24-11-2-10-23-24)20-8-5-17(14-22)13-18(20)15-25-21;/h2-8,10-11,13H,9,12,15H2,1H3;1H. The van der Waals surface area contributed by atoms with Crippen molar-refractivity contribution >= 4 is 12.4 Å². The predicted octanol–water partition coefficient (Wildman–Crippen LogP) is 4.35. The number of hydrogen-bond acceptors (Lipinski definition) is 3. The highest BCUT2D eigenvalue weighted by Crippen LogP contribution is 2.45. The van der Waals surface area contributed by atoms with E-state index in [1.807, 2.05) is 35.1 Å². The number of aryl methyl sites for hydroxylation is 2. The summed E-state index contributed by atoms with van der Waals surface area (Å²) in [6, 6.07) is 18.5. The quantitative estimate of drug-likeness (QED) is 0.690. The highest BCUT2D eigenvalue weighted by Gasteiger charge is 2.41. The van der Waals surface area contributed by atoms with Crippen molar-refractivity contribution in [3.8, 4) is 6.07 Å². The molecule has 4 nitrogen and oxygen atoms in total. The smallest absolute Gasteiger partial charge is 0.121 e. The Labute approximate surface area is 159 Å². The number of aromatic nitrogens is 2. The number of hydrogen-bond donors (Lipinski definition) is 0. The number of fused-ring (bicyclic) bond motifs is 1. The minimum atomic E-state index is -0.497. The molecule has 4 rings (SSSR count). The maximum Gasteiger partial charge on any atom is 0.121 e. The Bertz CT molecular complexity index is 929. The fraction of sp³-hybridized carbons (Fsp3) is 0.238. The molecule has 0 saturated heterocycles. The lowest BCUT2D eigenvalue weighted by Gasteiger charge is -2.30. The van der Waals surface area contributed by atoms with Crippen molar-refractivity contribution in [3.05, 3.63) is 88.7 Å². The van der Waals surface area contributed by atoms with Gasteiger partial charge in [0.2, 0.25) is 0 Å². The summed E-state index contributed by atoms with van der Waals surface area (Å²) in [4.78, 5) is 0. The highest BCUT2D eigenvalue weighted by molar-refractivity contribution is 5.85. The Morgan fingerprint density at radius 2 is 2.04 bits per heavy atom. The first-order valence-corrected chi connectivity index (χ1v) is 8.43. The molecule has 26 heavy (non-hydrogen) atoms. The van der Waals surface area contributed by atoms with E-state index in [1.165, 1.54) is 5.56 Å². The van der Waals surface area contributed by atoms with Gasteiger partial charge < -0.3 is 4.74 Å².